The lowest BCUT2D eigenvalue weighted by Crippen LogP contribution is -2.15. The van der Waals surface area contributed by atoms with Gasteiger partial charge in [0.15, 0.2) is 0 Å². The maximum atomic E-state index is 12.1. The van der Waals surface area contributed by atoms with Crippen LogP contribution in [0.15, 0.2) is 46.9 Å². The van der Waals surface area contributed by atoms with Crippen LogP contribution in [0.5, 0.6) is 5.75 Å². The first-order valence-electron chi connectivity index (χ1n) is 9.11. The highest BCUT2D eigenvalue weighted by Gasteiger charge is 2.17. The van der Waals surface area contributed by atoms with Gasteiger partial charge >= 0.3 is 0 Å². The molecule has 3 nitrogen and oxygen atoms in total. The molecule has 0 aliphatic rings. The number of rotatable bonds is 8. The molecule has 0 aromatic heterocycles. The third-order valence-electron chi connectivity index (χ3n) is 4.74. The van der Waals surface area contributed by atoms with Crippen LogP contribution in [-0.4, -0.2) is 12.5 Å². The fourth-order valence-electron chi connectivity index (χ4n) is 2.56. The average molecular weight is 418 g/mol. The largest absolute Gasteiger partial charge is 0.494 e. The molecule has 0 bridgehead atoms. The standard InChI is InChI=1S/C22H28BrNO2/c1-5-22(3,4)17-9-11-18(12-10-17)26-14-6-7-21(25)24-20-13-8-16(2)15-19(20)23/h8-13,15H,5-7,14H2,1-4H3,(H,24,25). The average Bonchev–Trinajstić information content (AvgIpc) is 2.61. The van der Waals surface area contributed by atoms with Crippen LogP contribution in [0, 0.1) is 6.92 Å². The van der Waals surface area contributed by atoms with Gasteiger partial charge in [-0.1, -0.05) is 39.0 Å². The van der Waals surface area contributed by atoms with E-state index in [-0.39, 0.29) is 11.3 Å². The summed E-state index contributed by atoms with van der Waals surface area (Å²) in [5.41, 5.74) is 3.45. The zero-order valence-electron chi connectivity index (χ0n) is 16.1. The van der Waals surface area contributed by atoms with Gasteiger partial charge in [0.05, 0.1) is 12.3 Å². The Kier molecular flexibility index (Phi) is 7.27. The molecule has 26 heavy (non-hydrogen) atoms. The van der Waals surface area contributed by atoms with E-state index in [1.54, 1.807) is 0 Å². The normalized spacial score (nSPS) is 11.3. The summed E-state index contributed by atoms with van der Waals surface area (Å²) in [5.74, 6) is 0.848. The van der Waals surface area contributed by atoms with Gasteiger partial charge in [-0.25, -0.2) is 0 Å². The fraction of sp³-hybridized carbons (Fsp3) is 0.409. The number of aryl methyl sites for hydroxylation is 1. The van der Waals surface area contributed by atoms with Crippen LogP contribution < -0.4 is 10.1 Å². The van der Waals surface area contributed by atoms with Gasteiger partial charge < -0.3 is 10.1 Å². The van der Waals surface area contributed by atoms with Gasteiger partial charge in [-0.3, -0.25) is 4.79 Å². The number of carbonyl (C=O) groups is 1. The first-order chi connectivity index (χ1) is 12.3. The van der Waals surface area contributed by atoms with Crippen LogP contribution in [0.3, 0.4) is 0 Å². The summed E-state index contributed by atoms with van der Waals surface area (Å²) in [6, 6.07) is 14.1. The zero-order valence-corrected chi connectivity index (χ0v) is 17.7. The van der Waals surface area contributed by atoms with Crippen LogP contribution in [0.2, 0.25) is 0 Å². The Balaban J connectivity index is 1.75. The maximum Gasteiger partial charge on any atom is 0.224 e. The van der Waals surface area contributed by atoms with E-state index in [4.69, 9.17) is 4.74 Å². The van der Waals surface area contributed by atoms with E-state index in [1.165, 1.54) is 5.56 Å². The van der Waals surface area contributed by atoms with E-state index in [0.717, 1.165) is 27.9 Å². The van der Waals surface area contributed by atoms with Crippen molar-refractivity contribution < 1.29 is 9.53 Å². The van der Waals surface area contributed by atoms with E-state index in [1.807, 2.05) is 37.3 Å². The van der Waals surface area contributed by atoms with Gasteiger partial charge in [0.1, 0.15) is 5.75 Å². The topological polar surface area (TPSA) is 38.3 Å². The van der Waals surface area contributed by atoms with Crippen LogP contribution >= 0.6 is 15.9 Å². The highest BCUT2D eigenvalue weighted by Crippen LogP contribution is 2.28. The summed E-state index contributed by atoms with van der Waals surface area (Å²) < 4.78 is 6.66. The van der Waals surface area contributed by atoms with Crippen molar-refractivity contribution in [3.63, 3.8) is 0 Å². The molecule has 0 radical (unpaired) electrons. The highest BCUT2D eigenvalue weighted by molar-refractivity contribution is 9.10. The Hall–Kier alpha value is -1.81. The fourth-order valence-corrected chi connectivity index (χ4v) is 3.16. The van der Waals surface area contributed by atoms with Gasteiger partial charge in [-0.05, 0) is 76.5 Å². The van der Waals surface area contributed by atoms with Gasteiger partial charge in [-0.15, -0.1) is 0 Å². The van der Waals surface area contributed by atoms with Crippen molar-refractivity contribution in [2.45, 2.75) is 52.4 Å². The van der Waals surface area contributed by atoms with Crippen molar-refractivity contribution in [3.05, 3.63) is 58.1 Å². The van der Waals surface area contributed by atoms with Crippen molar-refractivity contribution in [2.75, 3.05) is 11.9 Å². The predicted octanol–water partition coefficient (Wildman–Crippen LogP) is 6.24. The smallest absolute Gasteiger partial charge is 0.224 e. The molecule has 0 aliphatic heterocycles. The minimum atomic E-state index is -0.00167. The quantitative estimate of drug-likeness (QED) is 0.515. The molecule has 2 rings (SSSR count). The Bertz CT molecular complexity index is 738. The Morgan fingerprint density at radius 2 is 1.85 bits per heavy atom. The van der Waals surface area contributed by atoms with Gasteiger partial charge in [-0.2, -0.15) is 0 Å². The van der Waals surface area contributed by atoms with Gasteiger partial charge in [0.25, 0.3) is 0 Å². The summed E-state index contributed by atoms with van der Waals surface area (Å²) >= 11 is 3.47. The number of hydrogen-bond acceptors (Lipinski definition) is 2. The lowest BCUT2D eigenvalue weighted by Gasteiger charge is -2.23. The monoisotopic (exact) mass is 417 g/mol. The minimum Gasteiger partial charge on any atom is -0.494 e. The second kappa shape index (κ2) is 9.22. The molecule has 1 N–H and O–H groups in total. The highest BCUT2D eigenvalue weighted by atomic mass is 79.9. The summed E-state index contributed by atoms with van der Waals surface area (Å²) in [7, 11) is 0. The van der Waals surface area contributed by atoms with Crippen LogP contribution in [-0.2, 0) is 10.2 Å². The molecule has 2 aromatic rings. The second-order valence-corrected chi connectivity index (χ2v) is 8.10. The SMILES string of the molecule is CCC(C)(C)c1ccc(OCCCC(=O)Nc2ccc(C)cc2Br)cc1. The van der Waals surface area contributed by atoms with E-state index < -0.39 is 0 Å². The van der Waals surface area contributed by atoms with Crippen molar-refractivity contribution in [3.8, 4) is 5.75 Å². The number of amides is 1. The first kappa shape index (κ1) is 20.5. The lowest BCUT2D eigenvalue weighted by atomic mass is 9.82. The van der Waals surface area contributed by atoms with Gasteiger partial charge in [0, 0.05) is 10.9 Å². The van der Waals surface area contributed by atoms with E-state index in [0.29, 0.717) is 19.4 Å². The number of hydrogen-bond donors (Lipinski definition) is 1. The van der Waals surface area contributed by atoms with Crippen molar-refractivity contribution in [1.82, 2.24) is 0 Å². The molecular weight excluding hydrogens is 390 g/mol. The Morgan fingerprint density at radius 3 is 2.46 bits per heavy atom. The van der Waals surface area contributed by atoms with Crippen LogP contribution in [0.1, 0.15) is 51.2 Å². The van der Waals surface area contributed by atoms with Crippen molar-refractivity contribution >= 4 is 27.5 Å². The minimum absolute atomic E-state index is 0.00167. The first-order valence-corrected chi connectivity index (χ1v) is 9.90. The Morgan fingerprint density at radius 1 is 1.15 bits per heavy atom. The predicted molar refractivity (Wildman–Crippen MR) is 112 cm³/mol. The van der Waals surface area contributed by atoms with Crippen LogP contribution in [0.4, 0.5) is 5.69 Å². The molecule has 0 saturated carbocycles. The maximum absolute atomic E-state index is 12.1. The van der Waals surface area contributed by atoms with E-state index in [2.05, 4.69) is 54.2 Å². The third-order valence-corrected chi connectivity index (χ3v) is 5.39. The zero-order chi connectivity index (χ0) is 19.2. The van der Waals surface area contributed by atoms with Crippen molar-refractivity contribution in [2.24, 2.45) is 0 Å². The number of anilines is 1. The molecule has 0 fully saturated rings. The second-order valence-electron chi connectivity index (χ2n) is 7.25. The molecule has 1 amide bonds. The molecule has 0 heterocycles. The van der Waals surface area contributed by atoms with Gasteiger partial charge in [0.2, 0.25) is 5.91 Å². The Labute approximate surface area is 165 Å². The molecular formula is C22H28BrNO2. The molecule has 0 aliphatic carbocycles. The molecule has 0 atom stereocenters. The molecule has 140 valence electrons. The number of benzene rings is 2. The number of nitrogens with one attached hydrogen (secondary N) is 1. The molecule has 4 heteroatoms. The summed E-state index contributed by atoms with van der Waals surface area (Å²) in [6.45, 7) is 9.23. The molecule has 0 spiro atoms. The molecule has 0 unspecified atom stereocenters. The van der Waals surface area contributed by atoms with E-state index >= 15 is 0 Å². The summed E-state index contributed by atoms with van der Waals surface area (Å²) in [6.07, 6.45) is 2.21. The number of halogens is 1. The lowest BCUT2D eigenvalue weighted by molar-refractivity contribution is -0.116. The summed E-state index contributed by atoms with van der Waals surface area (Å²) in [5, 5.41) is 2.93. The number of ether oxygens (including phenoxy) is 1. The molecule has 0 saturated heterocycles. The van der Waals surface area contributed by atoms with E-state index in [9.17, 15) is 4.79 Å². The number of carbonyl (C=O) groups excluding carboxylic acids is 1. The summed E-state index contributed by atoms with van der Waals surface area (Å²) in [4.78, 5) is 12.1. The molecule has 2 aromatic carbocycles. The third kappa shape index (κ3) is 5.87. The van der Waals surface area contributed by atoms with Crippen molar-refractivity contribution in [1.29, 1.82) is 0 Å². The van der Waals surface area contributed by atoms with Crippen LogP contribution in [0.25, 0.3) is 0 Å².